The minimum atomic E-state index is -2.44. The number of aliphatic imine (C=N–C) groups is 2. The fourth-order valence-electron chi connectivity index (χ4n) is 4.38. The Labute approximate surface area is 466 Å². The molecule has 0 rings (SSSR count). The van der Waals surface area contributed by atoms with Gasteiger partial charge in [0.1, 0.15) is 0 Å². The van der Waals surface area contributed by atoms with E-state index in [4.69, 9.17) is 42.4 Å². The number of rotatable bonds is 12. The Morgan fingerprint density at radius 2 is 0.414 bits per heavy atom. The van der Waals surface area contributed by atoms with Gasteiger partial charge in [0.05, 0.1) is 12.4 Å². The average Bonchev–Trinajstić information content (AvgIpc) is 3.18. The van der Waals surface area contributed by atoms with Gasteiger partial charge in [0.15, 0.2) is 0 Å². The smallest absolute Gasteiger partial charge is 0.285 e. The van der Waals surface area contributed by atoms with Crippen molar-refractivity contribution in [3.05, 3.63) is 21.5 Å². The maximum atomic E-state index is 12.1. The van der Waals surface area contributed by atoms with Crippen LogP contribution in [0.4, 0.5) is 0 Å². The Kier molecular flexibility index (Phi) is 88.4. The van der Waals surface area contributed by atoms with Crippen LogP contribution in [0.5, 0.6) is 0 Å². The summed E-state index contributed by atoms with van der Waals surface area (Å²) in [5.41, 5.74) is 0. The molecule has 0 atom stereocenters. The van der Waals surface area contributed by atoms with Gasteiger partial charge in [-0.3, -0.25) is 28.9 Å². The van der Waals surface area contributed by atoms with Crippen molar-refractivity contribution in [1.82, 2.24) is 56.0 Å². The molecule has 70 heavy (non-hydrogen) atoms. The summed E-state index contributed by atoms with van der Waals surface area (Å²) >= 11 is 0. The number of hydrogen-bond acceptors (Lipinski definition) is 12. The second-order valence-electron chi connectivity index (χ2n) is 13.5. The Morgan fingerprint density at radius 3 is 0.414 bits per heavy atom. The zero-order valence-corrected chi connectivity index (χ0v) is 56.7. The molecule has 0 saturated carbocycles. The quantitative estimate of drug-likeness (QED) is 0.153. The minimum absolute atomic E-state index is 0. The molecule has 0 saturated heterocycles. The Bertz CT molecular complexity index is 1480. The fourth-order valence-corrected chi connectivity index (χ4v) is 13.0. The van der Waals surface area contributed by atoms with E-state index in [-0.39, 0.29) is 84.1 Å². The summed E-state index contributed by atoms with van der Waals surface area (Å²) in [5.74, 6) is 0. The van der Waals surface area contributed by atoms with Crippen molar-refractivity contribution in [1.29, 1.82) is 31.6 Å². The summed E-state index contributed by atoms with van der Waals surface area (Å²) in [6, 6.07) is 2.56. The summed E-state index contributed by atoms with van der Waals surface area (Å²) in [7, 11) is 33.9. The first-order valence-corrected chi connectivity index (χ1v) is 23.7. The maximum Gasteiger partial charge on any atom is 0.285 e. The van der Waals surface area contributed by atoms with Gasteiger partial charge in [-0.05, 0) is 169 Å². The largest absolute Gasteiger partial charge is 2.00 e. The number of hydrogen-bond donors (Lipinski definition) is 0. The molecule has 38 heteroatoms. The Balaban J connectivity index is -0.0000000431. The summed E-state index contributed by atoms with van der Waals surface area (Å²) < 4.78 is 69.3. The average molecular weight is 1520 g/mol. The molecule has 0 unspecified atom stereocenters. The van der Waals surface area contributed by atoms with E-state index in [1.165, 1.54) is 49.2 Å². The third kappa shape index (κ3) is 45.5. The molecule has 32 nitrogen and oxygen atoms in total. The summed E-state index contributed by atoms with van der Waals surface area (Å²) in [6.45, 7) is 0. The van der Waals surface area contributed by atoms with E-state index in [0.29, 0.717) is 0 Å². The van der Waals surface area contributed by atoms with Crippen LogP contribution in [0.15, 0.2) is 9.98 Å². The van der Waals surface area contributed by atoms with Crippen molar-refractivity contribution in [2.24, 2.45) is 9.98 Å². The van der Waals surface area contributed by atoms with Gasteiger partial charge in [-0.15, -0.1) is 12.0 Å². The van der Waals surface area contributed by atoms with Crippen LogP contribution in [0.3, 0.4) is 0 Å². The number of nitrogens with zero attached hydrogens (tertiary/aromatic N) is 24. The van der Waals surface area contributed by atoms with E-state index in [9.17, 15) is 18.3 Å². The SMILES string of the molecule is CN(C)P(=O)(N(C)C)N(C)C.CN(C)P(=O)(N(C)C)N(C)C.CN(C)P(=O)(N(C)C)N(C)C.CN(C)P(=O)(N(C)C)N(C)C.N#CN=C=[N-].N#CN=C=[N-].N#C[N-]C#N.N#C[N-]C#N.[O-2].[O-2].[O-2].[O-2].[U].[U]. The topological polar surface area (TPSA) is 461 Å². The van der Waals surface area contributed by atoms with Crippen molar-refractivity contribution in [3.8, 4) is 37.2 Å². The van der Waals surface area contributed by atoms with E-state index in [0.717, 1.165) is 0 Å². The standard InChI is InChI=1S/4C6H18N3OP.4C2N3.4O.2U/c4*1-7(2)11(10,8(3)4)9(5)6;4*3-1-5-2-4;;;;;;/h4*1-6H3;;;;;;;;;;/q;;;;4*-1;4*-2;;. The zero-order chi connectivity index (χ0) is 53.4. The van der Waals surface area contributed by atoms with Gasteiger partial charge in [0, 0.05) is 87.0 Å². The van der Waals surface area contributed by atoms with Gasteiger partial charge in [0.2, 0.25) is 0 Å². The molecule has 0 bridgehead atoms. The van der Waals surface area contributed by atoms with Crippen molar-refractivity contribution < 1.29 is 102 Å². The second kappa shape index (κ2) is 59.2. The van der Waals surface area contributed by atoms with Gasteiger partial charge in [-0.2, -0.15) is 10.5 Å². The monoisotopic (exact) mass is 1520 g/mol. The first-order chi connectivity index (χ1) is 29.0. The van der Waals surface area contributed by atoms with Crippen LogP contribution in [0.25, 0.3) is 21.5 Å². The van der Waals surface area contributed by atoms with Gasteiger partial charge < -0.3 is 63.8 Å². The van der Waals surface area contributed by atoms with Crippen LogP contribution in [-0.4, -0.2) is 237 Å². The van der Waals surface area contributed by atoms with Crippen molar-refractivity contribution in [2.45, 2.75) is 0 Å². The molecular weight excluding hydrogens is 1450 g/mol. The van der Waals surface area contributed by atoms with E-state index >= 15 is 0 Å². The van der Waals surface area contributed by atoms with Gasteiger partial charge in [-0.25, -0.2) is 56.0 Å². The van der Waals surface area contributed by atoms with E-state index in [2.05, 4.69) is 20.6 Å². The van der Waals surface area contributed by atoms with Crippen LogP contribution >= 0.6 is 30.4 Å². The molecule has 0 amide bonds. The molecule has 0 aromatic rings. The molecule has 0 radical (unpaired) electrons. The first kappa shape index (κ1) is 104. The Hall–Kier alpha value is -2.32. The van der Waals surface area contributed by atoms with Crippen molar-refractivity contribution in [3.63, 3.8) is 0 Å². The van der Waals surface area contributed by atoms with Crippen molar-refractivity contribution in [2.75, 3.05) is 169 Å². The first-order valence-electron chi connectivity index (χ1n) is 17.4. The third-order valence-corrected chi connectivity index (χ3v) is 19.2. The third-order valence-electron chi connectivity index (χ3n) is 6.65. The van der Waals surface area contributed by atoms with E-state index in [1.807, 2.05) is 169 Å². The Morgan fingerprint density at radius 1 is 0.314 bits per heavy atom. The van der Waals surface area contributed by atoms with Crippen LogP contribution < -0.4 is 0 Å². The molecule has 0 aromatic carbocycles. The molecule has 0 aliphatic heterocycles. The molecule has 0 fully saturated rings. The molecular formula is C32H72N24O8P4U2-12. The minimum Gasteiger partial charge on any atom is -2.00 e. The van der Waals surface area contributed by atoms with E-state index < -0.39 is 30.4 Å². The van der Waals surface area contributed by atoms with Crippen LogP contribution in [-0.2, 0) is 40.2 Å². The van der Waals surface area contributed by atoms with Gasteiger partial charge in [-0.1, -0.05) is 0 Å². The van der Waals surface area contributed by atoms with Crippen LogP contribution in [0, 0.1) is 131 Å². The normalized spacial score (nSPS) is 9.57. The van der Waals surface area contributed by atoms with E-state index in [1.54, 1.807) is 56.0 Å². The predicted octanol–water partition coefficient (Wildman–Crippen LogP) is 3.71. The van der Waals surface area contributed by atoms with Crippen LogP contribution in [0.1, 0.15) is 0 Å². The van der Waals surface area contributed by atoms with Gasteiger partial charge >= 0.3 is 0 Å². The number of nitriles is 6. The second-order valence-corrected chi connectivity index (χ2v) is 27.2. The molecule has 408 valence electrons. The summed E-state index contributed by atoms with van der Waals surface area (Å²) in [4.78, 5) is 5.17. The zero-order valence-electron chi connectivity index (χ0n) is 44.8. The molecule has 0 aliphatic carbocycles. The molecule has 0 N–H and O–H groups in total. The fraction of sp³-hybridized carbons (Fsp3) is 0.750. The van der Waals surface area contributed by atoms with Gasteiger partial charge in [0.25, 0.3) is 30.4 Å². The van der Waals surface area contributed by atoms with Crippen molar-refractivity contribution >= 4 is 42.4 Å². The maximum absolute atomic E-state index is 12.1. The summed E-state index contributed by atoms with van der Waals surface area (Å²) in [5, 5.41) is 64.6. The molecule has 0 spiro atoms. The van der Waals surface area contributed by atoms with Crippen LogP contribution in [0.2, 0.25) is 0 Å². The predicted molar refractivity (Wildman–Crippen MR) is 259 cm³/mol. The molecule has 0 heterocycles. The molecule has 0 aliphatic rings. The summed E-state index contributed by atoms with van der Waals surface area (Å²) in [6.07, 6.45) is 7.69. The molecule has 0 aromatic heterocycles.